The Morgan fingerprint density at radius 2 is 1.79 bits per heavy atom. The molecule has 3 aromatic rings. The van der Waals surface area contributed by atoms with Crippen LogP contribution in [0.25, 0.3) is 0 Å². The largest absolute Gasteiger partial charge is 0.399 e. The lowest BCUT2D eigenvalue weighted by atomic mass is 10.1. The number of carbonyl (C=O) groups excluding carboxylic acids is 1. The van der Waals surface area contributed by atoms with E-state index in [0.717, 1.165) is 31.2 Å². The van der Waals surface area contributed by atoms with Crippen molar-refractivity contribution in [2.75, 3.05) is 31.9 Å². The number of nitrogens with zero attached hydrogens (tertiary/aromatic N) is 3. The number of hydrogen-bond acceptors (Lipinski definition) is 6. The van der Waals surface area contributed by atoms with Crippen LogP contribution in [0.4, 0.5) is 5.69 Å². The molecule has 2 aromatic carbocycles. The third kappa shape index (κ3) is 7.40. The molecule has 1 heterocycles. The molecule has 1 saturated carbocycles. The van der Waals surface area contributed by atoms with Crippen molar-refractivity contribution in [2.45, 2.75) is 43.1 Å². The van der Waals surface area contributed by atoms with Crippen molar-refractivity contribution >= 4 is 21.6 Å². The van der Waals surface area contributed by atoms with Gasteiger partial charge in [-0.2, -0.15) is 4.31 Å². The zero-order valence-electron chi connectivity index (χ0n) is 21.5. The molecule has 3 N–H and O–H groups in total. The molecule has 1 atom stereocenters. The van der Waals surface area contributed by atoms with Crippen LogP contribution in [-0.2, 0) is 16.4 Å². The number of aliphatic hydroxyl groups excluding tert-OH is 1. The van der Waals surface area contributed by atoms with E-state index in [-0.39, 0.29) is 29.8 Å². The summed E-state index contributed by atoms with van der Waals surface area (Å²) in [6.07, 6.45) is 6.70. The van der Waals surface area contributed by atoms with Gasteiger partial charge in [0, 0.05) is 44.3 Å². The Bertz CT molecular complexity index is 1280. The van der Waals surface area contributed by atoms with Gasteiger partial charge in [-0.05, 0) is 61.1 Å². The maximum atomic E-state index is 13.6. The van der Waals surface area contributed by atoms with Crippen molar-refractivity contribution in [3.8, 4) is 0 Å². The SMILES string of the molecule is Nc1cccc(S(=O)(=O)N(CC2CCCC2)C[C@@H](O)CN(CCc2ccccc2)C(=O)c2cccnc2)c1. The van der Waals surface area contributed by atoms with Crippen LogP contribution in [-0.4, -0.2) is 65.9 Å². The van der Waals surface area contributed by atoms with Gasteiger partial charge in [-0.15, -0.1) is 0 Å². The number of rotatable bonds is 12. The lowest BCUT2D eigenvalue weighted by molar-refractivity contribution is 0.0584. The first kappa shape index (κ1) is 27.8. The maximum absolute atomic E-state index is 13.6. The molecule has 202 valence electrons. The van der Waals surface area contributed by atoms with Gasteiger partial charge in [-0.3, -0.25) is 9.78 Å². The van der Waals surface area contributed by atoms with Crippen LogP contribution >= 0.6 is 0 Å². The summed E-state index contributed by atoms with van der Waals surface area (Å²) >= 11 is 0. The van der Waals surface area contributed by atoms with Crippen LogP contribution in [0.1, 0.15) is 41.6 Å². The van der Waals surface area contributed by atoms with Crippen LogP contribution in [0.3, 0.4) is 0 Å². The number of hydrogen-bond donors (Lipinski definition) is 2. The molecule has 4 rings (SSSR count). The van der Waals surface area contributed by atoms with E-state index >= 15 is 0 Å². The first-order valence-electron chi connectivity index (χ1n) is 13.1. The average molecular weight is 537 g/mol. The first-order chi connectivity index (χ1) is 18.3. The Balaban J connectivity index is 1.53. The Labute approximate surface area is 225 Å². The number of carbonyl (C=O) groups is 1. The molecule has 1 fully saturated rings. The van der Waals surface area contributed by atoms with Crippen LogP contribution in [0, 0.1) is 5.92 Å². The van der Waals surface area contributed by atoms with Crippen molar-refractivity contribution in [2.24, 2.45) is 5.92 Å². The van der Waals surface area contributed by atoms with E-state index in [4.69, 9.17) is 5.73 Å². The van der Waals surface area contributed by atoms with Gasteiger partial charge in [0.25, 0.3) is 5.91 Å². The molecule has 0 bridgehead atoms. The first-order valence-corrected chi connectivity index (χ1v) is 14.5. The number of sulfonamides is 1. The van der Waals surface area contributed by atoms with E-state index in [2.05, 4.69) is 4.98 Å². The van der Waals surface area contributed by atoms with E-state index in [1.807, 2.05) is 30.3 Å². The summed E-state index contributed by atoms with van der Waals surface area (Å²) in [6, 6.07) is 19.4. The lowest BCUT2D eigenvalue weighted by Crippen LogP contribution is -2.46. The van der Waals surface area contributed by atoms with Crippen LogP contribution < -0.4 is 5.73 Å². The molecule has 0 unspecified atom stereocenters. The highest BCUT2D eigenvalue weighted by Crippen LogP contribution is 2.28. The van der Waals surface area contributed by atoms with Crippen LogP contribution in [0.2, 0.25) is 0 Å². The molecule has 0 radical (unpaired) electrons. The Hall–Kier alpha value is -3.27. The monoisotopic (exact) mass is 536 g/mol. The summed E-state index contributed by atoms with van der Waals surface area (Å²) in [5.74, 6) is -0.0154. The molecule has 9 heteroatoms. The number of pyridine rings is 1. The summed E-state index contributed by atoms with van der Waals surface area (Å²) in [7, 11) is -3.89. The van der Waals surface area contributed by atoms with Crippen molar-refractivity contribution in [1.29, 1.82) is 0 Å². The molecular formula is C29H36N4O4S. The number of aliphatic hydroxyl groups is 1. The summed E-state index contributed by atoms with van der Waals surface area (Å²) in [6.45, 7) is 0.581. The van der Waals surface area contributed by atoms with Gasteiger partial charge in [0.2, 0.25) is 10.0 Å². The van der Waals surface area contributed by atoms with Crippen molar-refractivity contribution in [3.05, 3.63) is 90.3 Å². The highest BCUT2D eigenvalue weighted by molar-refractivity contribution is 7.89. The van der Waals surface area contributed by atoms with Crippen LogP contribution in [0.5, 0.6) is 0 Å². The number of amides is 1. The molecule has 8 nitrogen and oxygen atoms in total. The Kier molecular flexibility index (Phi) is 9.49. The molecule has 38 heavy (non-hydrogen) atoms. The van der Waals surface area contributed by atoms with Gasteiger partial charge in [0.05, 0.1) is 16.6 Å². The highest BCUT2D eigenvalue weighted by Gasteiger charge is 2.31. The topological polar surface area (TPSA) is 117 Å². The number of benzene rings is 2. The third-order valence-electron chi connectivity index (χ3n) is 6.99. The quantitative estimate of drug-likeness (QED) is 0.342. The number of nitrogens with two attached hydrogens (primary N) is 1. The van der Waals surface area contributed by atoms with Crippen molar-refractivity contribution in [1.82, 2.24) is 14.2 Å². The summed E-state index contributed by atoms with van der Waals surface area (Å²) in [5, 5.41) is 11.2. The molecule has 1 amide bonds. The van der Waals surface area contributed by atoms with E-state index in [1.54, 1.807) is 35.4 Å². The fourth-order valence-electron chi connectivity index (χ4n) is 4.98. The summed E-state index contributed by atoms with van der Waals surface area (Å²) < 4.78 is 28.6. The Morgan fingerprint density at radius 3 is 2.47 bits per heavy atom. The second-order valence-electron chi connectivity index (χ2n) is 9.93. The molecule has 0 aliphatic heterocycles. The fraction of sp³-hybridized carbons (Fsp3) is 0.379. The molecule has 0 saturated heterocycles. The van der Waals surface area contributed by atoms with Gasteiger partial charge >= 0.3 is 0 Å². The smallest absolute Gasteiger partial charge is 0.255 e. The predicted molar refractivity (Wildman–Crippen MR) is 148 cm³/mol. The summed E-state index contributed by atoms with van der Waals surface area (Å²) in [4.78, 5) is 19.1. The fourth-order valence-corrected chi connectivity index (χ4v) is 6.59. The van der Waals surface area contributed by atoms with Gasteiger partial charge in [-0.1, -0.05) is 49.2 Å². The average Bonchev–Trinajstić information content (AvgIpc) is 3.44. The zero-order chi connectivity index (χ0) is 27.0. The maximum Gasteiger partial charge on any atom is 0.255 e. The molecular weight excluding hydrogens is 500 g/mol. The van der Waals surface area contributed by atoms with Gasteiger partial charge < -0.3 is 15.7 Å². The molecule has 1 aliphatic carbocycles. The minimum absolute atomic E-state index is 0.00578. The number of aromatic nitrogens is 1. The second-order valence-corrected chi connectivity index (χ2v) is 11.9. The lowest BCUT2D eigenvalue weighted by Gasteiger charge is -2.30. The van der Waals surface area contributed by atoms with Gasteiger partial charge in [0.15, 0.2) is 0 Å². The number of anilines is 1. The van der Waals surface area contributed by atoms with E-state index in [9.17, 15) is 18.3 Å². The predicted octanol–water partition coefficient (Wildman–Crippen LogP) is 3.59. The number of nitrogen functional groups attached to an aromatic ring is 1. The van der Waals surface area contributed by atoms with Crippen LogP contribution in [0.15, 0.2) is 84.0 Å². The molecule has 1 aliphatic rings. The second kappa shape index (κ2) is 13.0. The van der Waals surface area contributed by atoms with Gasteiger partial charge in [0.1, 0.15) is 0 Å². The zero-order valence-corrected chi connectivity index (χ0v) is 22.3. The van der Waals surface area contributed by atoms with Gasteiger partial charge in [-0.25, -0.2) is 8.42 Å². The highest BCUT2D eigenvalue weighted by atomic mass is 32.2. The molecule has 1 aromatic heterocycles. The molecule has 0 spiro atoms. The summed E-state index contributed by atoms with van der Waals surface area (Å²) in [5.41, 5.74) is 7.72. The van der Waals surface area contributed by atoms with E-state index in [1.165, 1.54) is 22.6 Å². The standard InChI is InChI=1S/C29H36N4O4S/c30-26-13-6-14-28(18-26)38(36,37)33(20-24-10-4-5-11-24)22-27(34)21-32(17-15-23-8-2-1-3-9-23)29(35)25-12-7-16-31-19-25/h1-3,6-9,12-14,16,18-19,24,27,34H,4-5,10-11,15,17,20-22,30H2/t27-/m0/s1. The normalized spacial score (nSPS) is 15.0. The minimum atomic E-state index is -3.89. The van der Waals surface area contributed by atoms with Crippen molar-refractivity contribution < 1.29 is 18.3 Å². The Morgan fingerprint density at radius 1 is 1.03 bits per heavy atom. The van der Waals surface area contributed by atoms with E-state index in [0.29, 0.717) is 30.8 Å². The third-order valence-corrected chi connectivity index (χ3v) is 8.81. The minimum Gasteiger partial charge on any atom is -0.399 e. The van der Waals surface area contributed by atoms with Crippen molar-refractivity contribution in [3.63, 3.8) is 0 Å². The van der Waals surface area contributed by atoms with E-state index < -0.39 is 16.1 Å².